The number of anilines is 1. The molecule has 0 radical (unpaired) electrons. The minimum Gasteiger partial charge on any atom is -0.392 e. The SMILES string of the molecule is Cc1cccc(NC(=O)C2(C(N)=S)CCCC2)c1. The lowest BCUT2D eigenvalue weighted by Crippen LogP contribution is -2.43. The van der Waals surface area contributed by atoms with Crippen LogP contribution in [0, 0.1) is 12.3 Å². The number of nitrogens with one attached hydrogen (secondary N) is 1. The third kappa shape index (κ3) is 2.38. The summed E-state index contributed by atoms with van der Waals surface area (Å²) in [7, 11) is 0. The topological polar surface area (TPSA) is 55.1 Å². The van der Waals surface area contributed by atoms with Crippen LogP contribution in [0.3, 0.4) is 0 Å². The largest absolute Gasteiger partial charge is 0.392 e. The minimum atomic E-state index is -0.640. The zero-order valence-electron chi connectivity index (χ0n) is 10.5. The van der Waals surface area contributed by atoms with E-state index >= 15 is 0 Å². The highest BCUT2D eigenvalue weighted by Gasteiger charge is 2.43. The number of rotatable bonds is 3. The van der Waals surface area contributed by atoms with E-state index < -0.39 is 5.41 Å². The summed E-state index contributed by atoms with van der Waals surface area (Å²) in [5, 5.41) is 2.94. The fraction of sp³-hybridized carbons (Fsp3) is 0.429. The van der Waals surface area contributed by atoms with Gasteiger partial charge in [0, 0.05) is 5.69 Å². The van der Waals surface area contributed by atoms with Gasteiger partial charge < -0.3 is 11.1 Å². The van der Waals surface area contributed by atoms with E-state index in [-0.39, 0.29) is 5.91 Å². The van der Waals surface area contributed by atoms with Gasteiger partial charge in [0.25, 0.3) is 0 Å². The Morgan fingerprint density at radius 1 is 1.39 bits per heavy atom. The fourth-order valence-electron chi connectivity index (χ4n) is 2.54. The fourth-order valence-corrected chi connectivity index (χ4v) is 2.83. The van der Waals surface area contributed by atoms with Gasteiger partial charge in [-0.15, -0.1) is 0 Å². The minimum absolute atomic E-state index is 0.0573. The summed E-state index contributed by atoms with van der Waals surface area (Å²) >= 11 is 5.10. The zero-order chi connectivity index (χ0) is 13.2. The molecule has 0 aliphatic heterocycles. The average Bonchev–Trinajstić information content (AvgIpc) is 2.79. The van der Waals surface area contributed by atoms with Crippen molar-refractivity contribution in [3.63, 3.8) is 0 Å². The van der Waals surface area contributed by atoms with Crippen molar-refractivity contribution in [3.8, 4) is 0 Å². The highest BCUT2D eigenvalue weighted by molar-refractivity contribution is 7.80. The summed E-state index contributed by atoms with van der Waals surface area (Å²) in [6.07, 6.45) is 3.55. The van der Waals surface area contributed by atoms with E-state index in [0.717, 1.165) is 36.9 Å². The molecule has 1 aromatic carbocycles. The number of aryl methyl sites for hydroxylation is 1. The smallest absolute Gasteiger partial charge is 0.237 e. The van der Waals surface area contributed by atoms with Crippen molar-refractivity contribution in [1.82, 2.24) is 0 Å². The predicted octanol–water partition coefficient (Wildman–Crippen LogP) is 2.78. The van der Waals surface area contributed by atoms with E-state index in [4.69, 9.17) is 18.0 Å². The number of carbonyl (C=O) groups is 1. The maximum absolute atomic E-state index is 12.4. The first-order valence-corrected chi connectivity index (χ1v) is 6.63. The van der Waals surface area contributed by atoms with Crippen LogP contribution in [-0.2, 0) is 4.79 Å². The Morgan fingerprint density at radius 3 is 2.61 bits per heavy atom. The molecule has 0 spiro atoms. The maximum Gasteiger partial charge on any atom is 0.237 e. The number of thiocarbonyl (C=S) groups is 1. The third-order valence-corrected chi connectivity index (χ3v) is 4.03. The van der Waals surface area contributed by atoms with Crippen molar-refractivity contribution >= 4 is 28.8 Å². The molecule has 0 saturated heterocycles. The third-order valence-electron chi connectivity index (χ3n) is 3.64. The summed E-state index contributed by atoms with van der Waals surface area (Å²) in [5.41, 5.74) is 7.07. The molecular formula is C14H18N2OS. The lowest BCUT2D eigenvalue weighted by atomic mass is 9.85. The van der Waals surface area contributed by atoms with Gasteiger partial charge in [0.2, 0.25) is 5.91 Å². The lowest BCUT2D eigenvalue weighted by molar-refractivity contribution is -0.122. The molecule has 1 amide bonds. The molecule has 96 valence electrons. The number of benzene rings is 1. The molecule has 0 aromatic heterocycles. The summed E-state index contributed by atoms with van der Waals surface area (Å²) in [5.74, 6) is -0.0573. The second-order valence-electron chi connectivity index (χ2n) is 4.98. The van der Waals surface area contributed by atoms with Gasteiger partial charge in [-0.1, -0.05) is 37.2 Å². The Kier molecular flexibility index (Phi) is 3.66. The normalized spacial score (nSPS) is 17.4. The predicted molar refractivity (Wildman–Crippen MR) is 77.5 cm³/mol. The number of amides is 1. The average molecular weight is 262 g/mol. The summed E-state index contributed by atoms with van der Waals surface area (Å²) < 4.78 is 0. The second kappa shape index (κ2) is 5.06. The van der Waals surface area contributed by atoms with Crippen molar-refractivity contribution in [2.45, 2.75) is 32.6 Å². The molecule has 3 nitrogen and oxygen atoms in total. The molecule has 1 saturated carbocycles. The standard InChI is InChI=1S/C14H18N2OS/c1-10-5-4-6-11(9-10)16-13(17)14(12(15)18)7-2-3-8-14/h4-6,9H,2-3,7-8H2,1H3,(H2,15,18)(H,16,17). The van der Waals surface area contributed by atoms with Crippen molar-refractivity contribution in [2.75, 3.05) is 5.32 Å². The van der Waals surface area contributed by atoms with Gasteiger partial charge in [-0.25, -0.2) is 0 Å². The summed E-state index contributed by atoms with van der Waals surface area (Å²) in [6.45, 7) is 1.99. The van der Waals surface area contributed by atoms with E-state index in [2.05, 4.69) is 5.32 Å². The molecule has 3 N–H and O–H groups in total. The van der Waals surface area contributed by atoms with Crippen LogP contribution in [0.2, 0.25) is 0 Å². The van der Waals surface area contributed by atoms with Crippen molar-refractivity contribution < 1.29 is 4.79 Å². The zero-order valence-corrected chi connectivity index (χ0v) is 11.3. The molecule has 1 aliphatic carbocycles. The van der Waals surface area contributed by atoms with Gasteiger partial charge >= 0.3 is 0 Å². The van der Waals surface area contributed by atoms with Gasteiger partial charge in [0.05, 0.1) is 10.4 Å². The second-order valence-corrected chi connectivity index (χ2v) is 5.42. The Morgan fingerprint density at radius 2 is 2.06 bits per heavy atom. The van der Waals surface area contributed by atoms with Gasteiger partial charge in [-0.05, 0) is 37.5 Å². The van der Waals surface area contributed by atoms with Gasteiger partial charge in [-0.3, -0.25) is 4.79 Å². The van der Waals surface area contributed by atoms with Crippen molar-refractivity contribution in [2.24, 2.45) is 11.1 Å². The van der Waals surface area contributed by atoms with Crippen molar-refractivity contribution in [1.29, 1.82) is 0 Å². The summed E-state index contributed by atoms with van der Waals surface area (Å²) in [6, 6.07) is 7.74. The molecule has 0 heterocycles. The van der Waals surface area contributed by atoms with Crippen LogP contribution >= 0.6 is 12.2 Å². The molecule has 1 aromatic rings. The van der Waals surface area contributed by atoms with Gasteiger partial charge in [-0.2, -0.15) is 0 Å². The Balaban J connectivity index is 2.18. The Labute approximate surface area is 113 Å². The molecule has 18 heavy (non-hydrogen) atoms. The van der Waals surface area contributed by atoms with Gasteiger partial charge in [0.1, 0.15) is 0 Å². The van der Waals surface area contributed by atoms with Crippen LogP contribution in [0.4, 0.5) is 5.69 Å². The molecule has 1 aliphatic rings. The van der Waals surface area contributed by atoms with Crippen LogP contribution in [0.15, 0.2) is 24.3 Å². The molecule has 1 fully saturated rings. The number of carbonyl (C=O) groups excluding carboxylic acids is 1. The number of nitrogens with two attached hydrogens (primary N) is 1. The van der Waals surface area contributed by atoms with Crippen LogP contribution < -0.4 is 11.1 Å². The van der Waals surface area contributed by atoms with E-state index in [1.165, 1.54) is 0 Å². The Bertz CT molecular complexity index is 478. The lowest BCUT2D eigenvalue weighted by Gasteiger charge is -2.26. The van der Waals surface area contributed by atoms with E-state index in [1.807, 2.05) is 31.2 Å². The van der Waals surface area contributed by atoms with Crippen LogP contribution in [0.25, 0.3) is 0 Å². The molecule has 2 rings (SSSR count). The number of hydrogen-bond donors (Lipinski definition) is 2. The first-order chi connectivity index (χ1) is 8.54. The molecule has 0 bridgehead atoms. The molecular weight excluding hydrogens is 244 g/mol. The first kappa shape index (κ1) is 13.0. The monoisotopic (exact) mass is 262 g/mol. The number of hydrogen-bond acceptors (Lipinski definition) is 2. The van der Waals surface area contributed by atoms with E-state index in [1.54, 1.807) is 0 Å². The highest BCUT2D eigenvalue weighted by Crippen LogP contribution is 2.39. The molecule has 0 atom stereocenters. The highest BCUT2D eigenvalue weighted by atomic mass is 32.1. The maximum atomic E-state index is 12.4. The quantitative estimate of drug-likeness (QED) is 0.824. The van der Waals surface area contributed by atoms with E-state index in [0.29, 0.717) is 4.99 Å². The Hall–Kier alpha value is -1.42. The van der Waals surface area contributed by atoms with Crippen LogP contribution in [-0.4, -0.2) is 10.9 Å². The van der Waals surface area contributed by atoms with Crippen LogP contribution in [0.1, 0.15) is 31.2 Å². The van der Waals surface area contributed by atoms with Crippen LogP contribution in [0.5, 0.6) is 0 Å². The molecule has 0 unspecified atom stereocenters. The van der Waals surface area contributed by atoms with Crippen molar-refractivity contribution in [3.05, 3.63) is 29.8 Å². The first-order valence-electron chi connectivity index (χ1n) is 6.23. The van der Waals surface area contributed by atoms with Gasteiger partial charge in [0.15, 0.2) is 0 Å². The summed E-state index contributed by atoms with van der Waals surface area (Å²) in [4.78, 5) is 12.7. The van der Waals surface area contributed by atoms with E-state index in [9.17, 15) is 4.79 Å². The molecule has 4 heteroatoms.